The topological polar surface area (TPSA) is 123 Å². The Hall–Kier alpha value is -4.11. The SMILES string of the molecule is CC(C)(O)C#Cc1cc(Cl)c(C(=O)N[C@@H](Cc2ccc(-c3ccc(C#N)cc3Cl)c3ncccc23)C(=O)O)c(Cl)c1. The van der Waals surface area contributed by atoms with Crippen LogP contribution in [0, 0.1) is 23.2 Å². The fourth-order valence-corrected chi connectivity index (χ4v) is 5.11. The van der Waals surface area contributed by atoms with Gasteiger partial charge >= 0.3 is 5.97 Å². The monoisotopic (exact) mass is 605 g/mol. The second kappa shape index (κ2) is 12.2. The van der Waals surface area contributed by atoms with Crippen LogP contribution in [0.3, 0.4) is 0 Å². The van der Waals surface area contributed by atoms with Crippen molar-refractivity contribution < 1.29 is 19.8 Å². The van der Waals surface area contributed by atoms with Gasteiger partial charge in [-0.1, -0.05) is 70.9 Å². The van der Waals surface area contributed by atoms with Crippen LogP contribution in [0.5, 0.6) is 0 Å². The Balaban J connectivity index is 1.65. The number of amides is 1. The predicted octanol–water partition coefficient (Wildman–Crippen LogP) is 6.28. The Labute approximate surface area is 251 Å². The molecule has 1 amide bonds. The Morgan fingerprint density at radius 1 is 1.00 bits per heavy atom. The van der Waals surface area contributed by atoms with Gasteiger partial charge < -0.3 is 15.5 Å². The number of carboxylic acid groups (broad SMARTS) is 1. The van der Waals surface area contributed by atoms with Gasteiger partial charge in [0.1, 0.15) is 11.6 Å². The molecule has 41 heavy (non-hydrogen) atoms. The highest BCUT2D eigenvalue weighted by atomic mass is 35.5. The van der Waals surface area contributed by atoms with Crippen molar-refractivity contribution in [1.29, 1.82) is 5.26 Å². The number of rotatable bonds is 6. The van der Waals surface area contributed by atoms with Gasteiger partial charge in [-0.2, -0.15) is 5.26 Å². The molecule has 1 aromatic heterocycles. The van der Waals surface area contributed by atoms with E-state index in [1.165, 1.54) is 26.0 Å². The van der Waals surface area contributed by atoms with E-state index in [1.807, 2.05) is 0 Å². The molecule has 0 aliphatic carbocycles. The van der Waals surface area contributed by atoms with Crippen molar-refractivity contribution in [3.05, 3.63) is 98.1 Å². The molecule has 10 heteroatoms. The minimum absolute atomic E-state index is 0.0162. The van der Waals surface area contributed by atoms with E-state index in [2.05, 4.69) is 28.2 Å². The normalized spacial score (nSPS) is 11.7. The molecule has 4 rings (SSSR count). The van der Waals surface area contributed by atoms with E-state index in [0.717, 1.165) is 0 Å². The number of aliphatic hydroxyl groups is 1. The molecule has 0 spiro atoms. The summed E-state index contributed by atoms with van der Waals surface area (Å²) in [4.78, 5) is 29.9. The van der Waals surface area contributed by atoms with Gasteiger partial charge in [0.25, 0.3) is 5.91 Å². The maximum atomic E-state index is 13.1. The summed E-state index contributed by atoms with van der Waals surface area (Å²) in [6.45, 7) is 3.04. The zero-order valence-electron chi connectivity index (χ0n) is 21.8. The number of nitrogens with zero attached hydrogens (tertiary/aromatic N) is 2. The first kappa shape index (κ1) is 29.9. The molecule has 1 heterocycles. The summed E-state index contributed by atoms with van der Waals surface area (Å²) in [7, 11) is 0. The zero-order chi connectivity index (χ0) is 29.9. The molecular formula is C31H22Cl3N3O4. The first-order valence-electron chi connectivity index (χ1n) is 12.2. The van der Waals surface area contributed by atoms with Crippen molar-refractivity contribution in [3.63, 3.8) is 0 Å². The second-order valence-electron chi connectivity index (χ2n) is 9.67. The number of benzene rings is 3. The van der Waals surface area contributed by atoms with Crippen LogP contribution in [0.15, 0.2) is 60.8 Å². The van der Waals surface area contributed by atoms with Crippen molar-refractivity contribution in [2.24, 2.45) is 0 Å². The fourth-order valence-electron chi connectivity index (χ4n) is 4.17. The maximum absolute atomic E-state index is 13.1. The predicted molar refractivity (Wildman–Crippen MR) is 159 cm³/mol. The lowest BCUT2D eigenvalue weighted by Gasteiger charge is -2.18. The number of hydrogen-bond acceptors (Lipinski definition) is 5. The quantitative estimate of drug-likeness (QED) is 0.222. The summed E-state index contributed by atoms with van der Waals surface area (Å²) in [6, 6.07) is 15.6. The molecule has 3 aromatic carbocycles. The number of nitriles is 1. The highest BCUT2D eigenvalue weighted by Gasteiger charge is 2.25. The van der Waals surface area contributed by atoms with Crippen LogP contribution >= 0.6 is 34.8 Å². The minimum Gasteiger partial charge on any atom is -0.480 e. The van der Waals surface area contributed by atoms with Crippen LogP contribution in [0.2, 0.25) is 15.1 Å². The molecule has 7 nitrogen and oxygen atoms in total. The average Bonchev–Trinajstić information content (AvgIpc) is 2.91. The van der Waals surface area contributed by atoms with Crippen molar-refractivity contribution >= 4 is 57.6 Å². The zero-order valence-corrected chi connectivity index (χ0v) is 24.1. The number of carbonyl (C=O) groups excluding carboxylic acids is 1. The van der Waals surface area contributed by atoms with Crippen LogP contribution in [-0.4, -0.2) is 38.7 Å². The highest BCUT2D eigenvalue weighted by molar-refractivity contribution is 6.40. The average molecular weight is 607 g/mol. The largest absolute Gasteiger partial charge is 0.480 e. The lowest BCUT2D eigenvalue weighted by molar-refractivity contribution is -0.139. The van der Waals surface area contributed by atoms with Crippen molar-refractivity contribution in [2.75, 3.05) is 0 Å². The molecule has 0 aliphatic heterocycles. The number of carbonyl (C=O) groups is 2. The molecule has 0 bridgehead atoms. The van der Waals surface area contributed by atoms with Crippen molar-refractivity contribution in [2.45, 2.75) is 31.9 Å². The van der Waals surface area contributed by atoms with E-state index in [-0.39, 0.29) is 22.0 Å². The van der Waals surface area contributed by atoms with E-state index in [1.54, 1.807) is 48.7 Å². The lowest BCUT2D eigenvalue weighted by Crippen LogP contribution is -2.42. The summed E-state index contributed by atoms with van der Waals surface area (Å²) in [5, 5.41) is 32.5. The number of hydrogen-bond donors (Lipinski definition) is 3. The number of halogens is 3. The third-order valence-corrected chi connectivity index (χ3v) is 6.97. The Bertz CT molecular complexity index is 1770. The molecular weight excluding hydrogens is 585 g/mol. The second-order valence-corrected chi connectivity index (χ2v) is 10.9. The minimum atomic E-state index is -1.32. The molecule has 206 valence electrons. The van der Waals surface area contributed by atoms with Crippen LogP contribution in [0.1, 0.15) is 40.9 Å². The molecule has 0 aliphatic rings. The number of nitrogens with one attached hydrogen (secondary N) is 1. The summed E-state index contributed by atoms with van der Waals surface area (Å²) >= 11 is 19.1. The fraction of sp³-hybridized carbons (Fsp3) is 0.161. The van der Waals surface area contributed by atoms with Crippen LogP contribution in [-0.2, 0) is 11.2 Å². The molecule has 4 aromatic rings. The number of aliphatic carboxylic acids is 1. The van der Waals surface area contributed by atoms with E-state index >= 15 is 0 Å². The number of aromatic nitrogens is 1. The van der Waals surface area contributed by atoms with Crippen molar-refractivity contribution in [3.8, 4) is 29.0 Å². The molecule has 0 fully saturated rings. The summed E-state index contributed by atoms with van der Waals surface area (Å²) in [6.07, 6.45) is 1.55. The molecule has 0 unspecified atom stereocenters. The molecule has 0 saturated carbocycles. The summed E-state index contributed by atoms with van der Waals surface area (Å²) in [5.74, 6) is 3.36. The first-order valence-corrected chi connectivity index (χ1v) is 13.4. The lowest BCUT2D eigenvalue weighted by atomic mass is 9.94. The summed E-state index contributed by atoms with van der Waals surface area (Å²) in [5.41, 5.74) is 2.07. The maximum Gasteiger partial charge on any atom is 0.326 e. The number of carboxylic acids is 1. The Kier molecular flexibility index (Phi) is 8.87. The Morgan fingerprint density at radius 2 is 1.66 bits per heavy atom. The van der Waals surface area contributed by atoms with Crippen LogP contribution in [0.4, 0.5) is 0 Å². The van der Waals surface area contributed by atoms with Gasteiger partial charge in [-0.05, 0) is 49.7 Å². The van der Waals surface area contributed by atoms with Gasteiger partial charge in [-0.3, -0.25) is 9.78 Å². The van der Waals surface area contributed by atoms with E-state index in [0.29, 0.717) is 43.7 Å². The smallest absolute Gasteiger partial charge is 0.326 e. The Morgan fingerprint density at radius 3 is 2.27 bits per heavy atom. The number of pyridine rings is 1. The van der Waals surface area contributed by atoms with Gasteiger partial charge in [-0.15, -0.1) is 0 Å². The van der Waals surface area contributed by atoms with Gasteiger partial charge in [0, 0.05) is 39.7 Å². The van der Waals surface area contributed by atoms with E-state index in [9.17, 15) is 19.8 Å². The van der Waals surface area contributed by atoms with Gasteiger partial charge in [0.05, 0.1) is 32.8 Å². The third kappa shape index (κ3) is 6.97. The van der Waals surface area contributed by atoms with Crippen LogP contribution < -0.4 is 5.32 Å². The van der Waals surface area contributed by atoms with Gasteiger partial charge in [0.2, 0.25) is 0 Å². The van der Waals surface area contributed by atoms with E-state index in [4.69, 9.17) is 40.1 Å². The number of fused-ring (bicyclic) bond motifs is 1. The molecule has 0 saturated heterocycles. The van der Waals surface area contributed by atoms with Crippen molar-refractivity contribution in [1.82, 2.24) is 10.3 Å². The third-order valence-electron chi connectivity index (χ3n) is 6.06. The van der Waals surface area contributed by atoms with Gasteiger partial charge in [-0.25, -0.2) is 4.79 Å². The molecule has 3 N–H and O–H groups in total. The first-order chi connectivity index (χ1) is 19.4. The standard InChI is InChI=1S/C31H22Cl3N3O4/c1-31(2,41)10-9-17-12-24(33)27(25(34)13-17)29(38)37-26(30(39)40)15-19-6-8-22(28-20(19)4-3-11-36-28)21-7-5-18(16-35)14-23(21)32/h3-8,11-14,26,41H,15H2,1-2H3,(H,37,38)(H,39,40)/t26-/m0/s1. The molecule has 0 radical (unpaired) electrons. The van der Waals surface area contributed by atoms with E-state index < -0.39 is 23.5 Å². The van der Waals surface area contributed by atoms with Crippen LogP contribution in [0.25, 0.3) is 22.0 Å². The summed E-state index contributed by atoms with van der Waals surface area (Å²) < 4.78 is 0. The van der Waals surface area contributed by atoms with Gasteiger partial charge in [0.15, 0.2) is 0 Å². The highest BCUT2D eigenvalue weighted by Crippen LogP contribution is 2.35. The molecule has 1 atom stereocenters.